The zero-order valence-electron chi connectivity index (χ0n) is 35.6. The summed E-state index contributed by atoms with van der Waals surface area (Å²) in [6, 6.07) is 42.0. The molecule has 4 bridgehead atoms. The molecule has 0 aliphatic heterocycles. The summed E-state index contributed by atoms with van der Waals surface area (Å²) in [6.07, 6.45) is 22.1. The van der Waals surface area contributed by atoms with Crippen molar-refractivity contribution in [1.82, 2.24) is 0 Å². The Morgan fingerprint density at radius 3 is 1.26 bits per heavy atom. The predicted octanol–water partition coefficient (Wildman–Crippen LogP) is 16.8. The van der Waals surface area contributed by atoms with Crippen LogP contribution < -0.4 is 0 Å². The molecule has 4 saturated carbocycles. The third kappa shape index (κ3) is 10.4. The van der Waals surface area contributed by atoms with E-state index in [0.29, 0.717) is 10.8 Å². The molecule has 0 atom stereocenters. The van der Waals surface area contributed by atoms with E-state index in [4.69, 9.17) is 17.0 Å². The fourth-order valence-corrected chi connectivity index (χ4v) is 11.6. The van der Waals surface area contributed by atoms with Gasteiger partial charge in [0.05, 0.1) is 0 Å². The molecule has 10 rings (SSSR count). The van der Waals surface area contributed by atoms with Crippen molar-refractivity contribution in [3.05, 3.63) is 131 Å². The van der Waals surface area contributed by atoms with Crippen LogP contribution in [-0.2, 0) is 46.5 Å². The second kappa shape index (κ2) is 20.6. The number of fused-ring (bicyclic) bond motifs is 6. The minimum atomic E-state index is -0.826. The first kappa shape index (κ1) is 43.9. The van der Waals surface area contributed by atoms with Gasteiger partial charge in [-0.15, -0.1) is 69.1 Å². The first-order valence-corrected chi connectivity index (χ1v) is 30.8. The number of halogens is 2. The van der Waals surface area contributed by atoms with E-state index in [0.717, 1.165) is 21.4 Å². The first-order chi connectivity index (χ1) is 28.3. The quantitative estimate of drug-likeness (QED) is 0.0949. The summed E-state index contributed by atoms with van der Waals surface area (Å²) in [7, 11) is 11.0. The van der Waals surface area contributed by atoms with Gasteiger partial charge in [0.2, 0.25) is 0 Å². The van der Waals surface area contributed by atoms with Crippen LogP contribution in [0.3, 0.4) is 0 Å². The van der Waals surface area contributed by atoms with Crippen molar-refractivity contribution in [3.8, 4) is 22.3 Å². The van der Waals surface area contributed by atoms with Crippen LogP contribution in [0.25, 0.3) is 43.8 Å². The van der Waals surface area contributed by atoms with Crippen LogP contribution in [0, 0.1) is 22.7 Å². The van der Waals surface area contributed by atoms with Gasteiger partial charge in [0, 0.05) is 9.52 Å². The summed E-state index contributed by atoms with van der Waals surface area (Å²) in [5, 5.41) is 5.71. The molecule has 0 N–H and O–H groups in total. The van der Waals surface area contributed by atoms with Gasteiger partial charge in [-0.05, 0) is 135 Å². The fraction of sp³-hybridized carbons (Fsp3) is 0.444. The van der Waals surface area contributed by atoms with Crippen LogP contribution >= 0.6 is 17.0 Å². The summed E-state index contributed by atoms with van der Waals surface area (Å²) in [4.78, 5) is 0. The van der Waals surface area contributed by atoms with Crippen molar-refractivity contribution in [2.75, 3.05) is 0 Å². The van der Waals surface area contributed by atoms with Gasteiger partial charge in [-0.3, -0.25) is 0 Å². The maximum absolute atomic E-state index is 4.93. The van der Waals surface area contributed by atoms with Crippen LogP contribution in [0.15, 0.2) is 109 Å². The van der Waals surface area contributed by atoms with Crippen molar-refractivity contribution in [2.45, 2.75) is 130 Å². The van der Waals surface area contributed by atoms with E-state index < -0.39 is 20.8 Å². The summed E-state index contributed by atoms with van der Waals surface area (Å²) in [6.45, 7) is 8.80. The van der Waals surface area contributed by atoms with E-state index in [2.05, 4.69) is 136 Å². The minimum absolute atomic E-state index is 0.636. The molecule has 2 radical (unpaired) electrons. The summed E-state index contributed by atoms with van der Waals surface area (Å²) in [5.74, 6) is 2.08. The van der Waals surface area contributed by atoms with Crippen LogP contribution in [0.5, 0.6) is 0 Å². The Labute approximate surface area is 372 Å². The summed E-state index contributed by atoms with van der Waals surface area (Å²) < 4.78 is 0. The molecule has 0 nitrogen and oxygen atoms in total. The van der Waals surface area contributed by atoms with Crippen molar-refractivity contribution >= 4 is 48.1 Å². The number of aryl methyl sites for hydroxylation is 2. The zero-order chi connectivity index (χ0) is 40.5. The number of hydrogen-bond donors (Lipinski definition) is 0. The van der Waals surface area contributed by atoms with E-state index in [1.807, 2.05) is 0 Å². The first-order valence-electron chi connectivity index (χ1n) is 22.4. The van der Waals surface area contributed by atoms with Gasteiger partial charge >= 0.3 is 37.9 Å². The molecule has 0 unspecified atom stereocenters. The topological polar surface area (TPSA) is 0 Å². The van der Waals surface area contributed by atoms with Crippen molar-refractivity contribution in [1.29, 1.82) is 0 Å². The second-order valence-corrected chi connectivity index (χ2v) is 23.2. The van der Waals surface area contributed by atoms with E-state index in [9.17, 15) is 0 Å². The van der Waals surface area contributed by atoms with Crippen molar-refractivity contribution < 1.29 is 20.8 Å². The fourth-order valence-electron chi connectivity index (χ4n) is 11.6. The van der Waals surface area contributed by atoms with Gasteiger partial charge in [-0.2, -0.15) is 12.1 Å². The summed E-state index contributed by atoms with van der Waals surface area (Å²) in [5.41, 5.74) is 12.8. The molecular formula is C54H64Cl2SiZr. The Hall–Kier alpha value is -2.22. The summed E-state index contributed by atoms with van der Waals surface area (Å²) >= 11 is -0.826. The van der Waals surface area contributed by atoms with Gasteiger partial charge in [0.15, 0.2) is 0 Å². The van der Waals surface area contributed by atoms with E-state index in [1.54, 1.807) is 11.1 Å². The molecule has 4 aliphatic carbocycles. The SMILES string of the molecule is CCCc1ccc(-c2cccc3[cH-]c(CC45CCC(CC4)C5)cc23)cc1.CCCc1ccc(-c2cccc3[cH-]c(CC45CCC(CC4)C5)cc23)cc1.C[Si]C.[Cl][Zr+2][Cl]. The Balaban J connectivity index is 0.000000156. The average molecular weight is 903 g/mol. The third-order valence-corrected chi connectivity index (χ3v) is 14.2. The molecule has 4 fully saturated rings. The van der Waals surface area contributed by atoms with Crippen molar-refractivity contribution in [2.24, 2.45) is 22.7 Å². The molecular weight excluding hydrogens is 839 g/mol. The molecule has 0 spiro atoms. The van der Waals surface area contributed by atoms with Gasteiger partial charge in [-0.1, -0.05) is 112 Å². The third-order valence-electron chi connectivity index (χ3n) is 14.2. The molecule has 0 heterocycles. The number of benzene rings is 4. The van der Waals surface area contributed by atoms with Crippen LogP contribution in [0.1, 0.15) is 113 Å². The van der Waals surface area contributed by atoms with E-state index in [1.165, 1.54) is 158 Å². The van der Waals surface area contributed by atoms with Gasteiger partial charge < -0.3 is 0 Å². The Bertz CT molecular complexity index is 2020. The molecule has 6 aromatic carbocycles. The van der Waals surface area contributed by atoms with Gasteiger partial charge in [0.25, 0.3) is 0 Å². The average Bonchev–Trinajstić information content (AvgIpc) is 4.11. The number of rotatable bonds is 10. The monoisotopic (exact) mass is 900 g/mol. The van der Waals surface area contributed by atoms with Gasteiger partial charge in [0.1, 0.15) is 0 Å². The molecule has 6 aromatic rings. The Morgan fingerprint density at radius 1 is 0.586 bits per heavy atom. The molecule has 4 aliphatic rings. The Kier molecular flexibility index (Phi) is 15.5. The van der Waals surface area contributed by atoms with Crippen LogP contribution in [-0.4, -0.2) is 9.52 Å². The standard InChI is InChI=1S/2C26H29.C2H6Si.2ClH.Zr/c2*1-2-4-19-7-9-22(10-8-19)24-6-3-5-23-15-21(16-25(23)24)18-26-13-11-20(17-26)12-14-26;1-3-2;;;/h2*3,5-10,15-16,20H,2,4,11-14,17-18H2,1H3;1-2H3;2*1H;/q2*-1;;;;+4/p-2. The maximum atomic E-state index is 4.93. The van der Waals surface area contributed by atoms with E-state index >= 15 is 0 Å². The second-order valence-electron chi connectivity index (χ2n) is 18.5. The van der Waals surface area contributed by atoms with Gasteiger partial charge in [-0.25, -0.2) is 0 Å². The van der Waals surface area contributed by atoms with Crippen molar-refractivity contribution in [3.63, 3.8) is 0 Å². The molecule has 302 valence electrons. The predicted molar refractivity (Wildman–Crippen MR) is 253 cm³/mol. The van der Waals surface area contributed by atoms with Crippen LogP contribution in [0.2, 0.25) is 13.1 Å². The molecule has 58 heavy (non-hydrogen) atoms. The van der Waals surface area contributed by atoms with Crippen LogP contribution in [0.4, 0.5) is 0 Å². The molecule has 0 amide bonds. The molecule has 0 saturated heterocycles. The van der Waals surface area contributed by atoms with E-state index in [-0.39, 0.29) is 0 Å². The molecule has 0 aromatic heterocycles. The Morgan fingerprint density at radius 2 is 0.948 bits per heavy atom. The normalized spacial score (nSPS) is 22.5. The molecule has 4 heteroatoms. The number of hydrogen-bond acceptors (Lipinski definition) is 0. The zero-order valence-corrected chi connectivity index (χ0v) is 40.6.